The SMILES string of the molecule is CCOc1cc(C)c(C)cc1S(=O)(=O)N1CCN(C(c2ccccc2)c2ccccc2)CC1. The molecule has 33 heavy (non-hydrogen) atoms. The molecule has 1 saturated heterocycles. The first-order valence-electron chi connectivity index (χ1n) is 11.5. The number of piperazine rings is 1. The summed E-state index contributed by atoms with van der Waals surface area (Å²) in [5, 5.41) is 0. The molecular weight excluding hydrogens is 432 g/mol. The molecular formula is C27H32N2O3S. The van der Waals surface area contributed by atoms with E-state index < -0.39 is 10.0 Å². The van der Waals surface area contributed by atoms with Crippen molar-refractivity contribution in [2.45, 2.75) is 31.7 Å². The van der Waals surface area contributed by atoms with Crippen molar-refractivity contribution in [3.63, 3.8) is 0 Å². The van der Waals surface area contributed by atoms with Crippen LogP contribution in [0.5, 0.6) is 5.75 Å². The summed E-state index contributed by atoms with van der Waals surface area (Å²) >= 11 is 0. The second-order valence-corrected chi connectivity index (χ2v) is 10.4. The minimum atomic E-state index is -3.65. The molecule has 0 atom stereocenters. The molecule has 4 rings (SSSR count). The summed E-state index contributed by atoms with van der Waals surface area (Å²) in [5.74, 6) is 0.439. The van der Waals surface area contributed by atoms with Gasteiger partial charge in [-0.3, -0.25) is 4.90 Å². The van der Waals surface area contributed by atoms with E-state index in [1.54, 1.807) is 10.4 Å². The van der Waals surface area contributed by atoms with E-state index >= 15 is 0 Å². The van der Waals surface area contributed by atoms with E-state index in [1.165, 1.54) is 11.1 Å². The second-order valence-electron chi connectivity index (χ2n) is 8.48. The number of benzene rings is 3. The Bertz CT molecular complexity index is 1130. The summed E-state index contributed by atoms with van der Waals surface area (Å²) < 4.78 is 34.5. The van der Waals surface area contributed by atoms with Gasteiger partial charge in [0.2, 0.25) is 10.0 Å². The van der Waals surface area contributed by atoms with Crippen molar-refractivity contribution in [1.82, 2.24) is 9.21 Å². The van der Waals surface area contributed by atoms with Crippen LogP contribution in [0, 0.1) is 13.8 Å². The molecule has 1 fully saturated rings. The highest BCUT2D eigenvalue weighted by molar-refractivity contribution is 7.89. The first-order chi connectivity index (χ1) is 15.9. The molecule has 5 nitrogen and oxygen atoms in total. The van der Waals surface area contributed by atoms with Gasteiger partial charge in [-0.25, -0.2) is 8.42 Å². The van der Waals surface area contributed by atoms with Crippen LogP contribution in [-0.2, 0) is 10.0 Å². The predicted molar refractivity (Wildman–Crippen MR) is 132 cm³/mol. The number of ether oxygens (including phenoxy) is 1. The molecule has 0 spiro atoms. The van der Waals surface area contributed by atoms with Crippen LogP contribution in [0.3, 0.4) is 0 Å². The molecule has 0 aliphatic carbocycles. The van der Waals surface area contributed by atoms with Crippen LogP contribution in [0.25, 0.3) is 0 Å². The van der Waals surface area contributed by atoms with Crippen molar-refractivity contribution >= 4 is 10.0 Å². The van der Waals surface area contributed by atoms with Crippen LogP contribution < -0.4 is 4.74 Å². The summed E-state index contributed by atoms with van der Waals surface area (Å²) in [6, 6.07) is 24.5. The fourth-order valence-electron chi connectivity index (χ4n) is 4.46. The van der Waals surface area contributed by atoms with E-state index in [1.807, 2.05) is 39.0 Å². The highest BCUT2D eigenvalue weighted by Gasteiger charge is 2.34. The van der Waals surface area contributed by atoms with Gasteiger partial charge in [-0.1, -0.05) is 60.7 Å². The molecule has 3 aromatic rings. The number of rotatable bonds is 7. The summed E-state index contributed by atoms with van der Waals surface area (Å²) in [5.41, 5.74) is 4.40. The summed E-state index contributed by atoms with van der Waals surface area (Å²) in [6.45, 7) is 8.40. The normalized spacial score (nSPS) is 15.6. The van der Waals surface area contributed by atoms with Gasteiger partial charge in [-0.2, -0.15) is 4.31 Å². The number of hydrogen-bond donors (Lipinski definition) is 0. The van der Waals surface area contributed by atoms with Gasteiger partial charge in [0.1, 0.15) is 10.6 Å². The standard InChI is InChI=1S/C27H32N2O3S/c1-4-32-25-19-21(2)22(3)20-26(25)33(30,31)29-17-15-28(16-18-29)27(23-11-7-5-8-12-23)24-13-9-6-10-14-24/h5-14,19-20,27H,4,15-18H2,1-3H3. The fourth-order valence-corrected chi connectivity index (χ4v) is 6.08. The van der Waals surface area contributed by atoms with Gasteiger partial charge < -0.3 is 4.74 Å². The molecule has 0 unspecified atom stereocenters. The van der Waals surface area contributed by atoms with E-state index in [0.717, 1.165) is 11.1 Å². The van der Waals surface area contributed by atoms with Crippen LogP contribution in [0.2, 0.25) is 0 Å². The largest absolute Gasteiger partial charge is 0.492 e. The Kier molecular flexibility index (Phi) is 7.17. The second kappa shape index (κ2) is 10.1. The monoisotopic (exact) mass is 464 g/mol. The number of sulfonamides is 1. The van der Waals surface area contributed by atoms with Gasteiger partial charge in [0.25, 0.3) is 0 Å². The maximum Gasteiger partial charge on any atom is 0.246 e. The first kappa shape index (κ1) is 23.5. The topological polar surface area (TPSA) is 49.9 Å². The Morgan fingerprint density at radius 3 is 1.85 bits per heavy atom. The average molecular weight is 465 g/mol. The predicted octanol–water partition coefficient (Wildman–Crippen LogP) is 4.80. The van der Waals surface area contributed by atoms with Gasteiger partial charge in [0, 0.05) is 26.2 Å². The van der Waals surface area contributed by atoms with E-state index in [0.29, 0.717) is 38.5 Å². The third-order valence-corrected chi connectivity index (χ3v) is 8.27. The zero-order chi connectivity index (χ0) is 23.4. The van der Waals surface area contributed by atoms with Crippen LogP contribution in [0.1, 0.15) is 35.2 Å². The number of hydrogen-bond acceptors (Lipinski definition) is 4. The maximum absolute atomic E-state index is 13.6. The summed E-state index contributed by atoms with van der Waals surface area (Å²) in [6.07, 6.45) is 0. The Balaban J connectivity index is 1.58. The summed E-state index contributed by atoms with van der Waals surface area (Å²) in [4.78, 5) is 2.64. The van der Waals surface area contributed by atoms with E-state index in [9.17, 15) is 8.42 Å². The van der Waals surface area contributed by atoms with E-state index in [2.05, 4.69) is 53.4 Å². The van der Waals surface area contributed by atoms with E-state index in [4.69, 9.17) is 4.74 Å². The highest BCUT2D eigenvalue weighted by atomic mass is 32.2. The molecule has 1 aliphatic heterocycles. The third-order valence-electron chi connectivity index (χ3n) is 6.35. The lowest BCUT2D eigenvalue weighted by molar-refractivity contribution is 0.155. The van der Waals surface area contributed by atoms with Gasteiger partial charge >= 0.3 is 0 Å². The molecule has 0 saturated carbocycles. The van der Waals surface area contributed by atoms with Crippen molar-refractivity contribution in [2.24, 2.45) is 0 Å². The molecule has 0 aromatic heterocycles. The Labute approximate surface area is 197 Å². The lowest BCUT2D eigenvalue weighted by Crippen LogP contribution is -2.49. The molecule has 3 aromatic carbocycles. The van der Waals surface area contributed by atoms with Crippen LogP contribution in [-0.4, -0.2) is 50.4 Å². The quantitative estimate of drug-likeness (QED) is 0.504. The molecule has 1 aliphatic rings. The number of aryl methyl sites for hydroxylation is 2. The van der Waals surface area contributed by atoms with Gasteiger partial charge in [0.05, 0.1) is 12.6 Å². The fraction of sp³-hybridized carbons (Fsp3) is 0.333. The van der Waals surface area contributed by atoms with E-state index in [-0.39, 0.29) is 10.9 Å². The zero-order valence-corrected chi connectivity index (χ0v) is 20.4. The minimum Gasteiger partial charge on any atom is -0.492 e. The smallest absolute Gasteiger partial charge is 0.246 e. The van der Waals surface area contributed by atoms with Crippen molar-refractivity contribution in [3.05, 3.63) is 95.1 Å². The molecule has 0 radical (unpaired) electrons. The van der Waals surface area contributed by atoms with Crippen molar-refractivity contribution in [2.75, 3.05) is 32.8 Å². The Morgan fingerprint density at radius 1 is 0.818 bits per heavy atom. The van der Waals surface area contributed by atoms with Crippen molar-refractivity contribution in [3.8, 4) is 5.75 Å². The van der Waals surface area contributed by atoms with Gasteiger partial charge in [0.15, 0.2) is 0 Å². The molecule has 0 amide bonds. The summed E-state index contributed by atoms with van der Waals surface area (Å²) in [7, 11) is -3.65. The lowest BCUT2D eigenvalue weighted by Gasteiger charge is -2.39. The highest BCUT2D eigenvalue weighted by Crippen LogP contribution is 2.33. The maximum atomic E-state index is 13.6. The molecule has 174 valence electrons. The van der Waals surface area contributed by atoms with Gasteiger partial charge in [-0.15, -0.1) is 0 Å². The molecule has 6 heteroatoms. The zero-order valence-electron chi connectivity index (χ0n) is 19.6. The molecule has 0 N–H and O–H groups in total. The average Bonchev–Trinajstić information content (AvgIpc) is 2.83. The number of nitrogens with zero attached hydrogens (tertiary/aromatic N) is 2. The molecule has 1 heterocycles. The first-order valence-corrected chi connectivity index (χ1v) is 12.9. The van der Waals surface area contributed by atoms with Crippen LogP contribution in [0.15, 0.2) is 77.7 Å². The Morgan fingerprint density at radius 2 is 1.33 bits per heavy atom. The minimum absolute atomic E-state index is 0.0952. The van der Waals surface area contributed by atoms with Crippen LogP contribution in [0.4, 0.5) is 0 Å². The third kappa shape index (κ3) is 4.98. The van der Waals surface area contributed by atoms with Crippen molar-refractivity contribution < 1.29 is 13.2 Å². The molecule has 0 bridgehead atoms. The Hall–Kier alpha value is -2.67. The lowest BCUT2D eigenvalue weighted by atomic mass is 9.96. The van der Waals surface area contributed by atoms with Crippen LogP contribution >= 0.6 is 0 Å². The van der Waals surface area contributed by atoms with Gasteiger partial charge in [-0.05, 0) is 55.2 Å². The van der Waals surface area contributed by atoms with Crippen molar-refractivity contribution in [1.29, 1.82) is 0 Å².